The Balaban J connectivity index is 1.39. The van der Waals surface area contributed by atoms with Crippen molar-refractivity contribution in [1.29, 1.82) is 0 Å². The second-order valence-electron chi connectivity index (χ2n) is 6.46. The van der Waals surface area contributed by atoms with Crippen molar-refractivity contribution < 1.29 is 23.9 Å². The monoisotopic (exact) mass is 366 g/mol. The quantitative estimate of drug-likeness (QED) is 0.790. The highest BCUT2D eigenvalue weighted by Crippen LogP contribution is 2.24. The lowest BCUT2D eigenvalue weighted by Crippen LogP contribution is -2.46. The molecule has 4 rings (SSSR count). The van der Waals surface area contributed by atoms with Crippen molar-refractivity contribution in [3.8, 4) is 0 Å². The first-order valence-corrected chi connectivity index (χ1v) is 8.67. The molecular formula is C20H18N2O5. The summed E-state index contributed by atoms with van der Waals surface area (Å²) < 4.78 is 10.9. The number of fused-ring (bicyclic) bond motifs is 1. The van der Waals surface area contributed by atoms with Crippen molar-refractivity contribution in [1.82, 2.24) is 10.2 Å². The molecular weight excluding hydrogens is 348 g/mol. The minimum atomic E-state index is -0.579. The molecule has 3 amide bonds. The van der Waals surface area contributed by atoms with Gasteiger partial charge in [0, 0.05) is 0 Å². The summed E-state index contributed by atoms with van der Waals surface area (Å²) in [5.74, 6) is -0.721. The van der Waals surface area contributed by atoms with Crippen LogP contribution in [0.4, 0.5) is 4.79 Å². The number of carbonyl (C=O) groups is 3. The molecule has 27 heavy (non-hydrogen) atoms. The van der Waals surface area contributed by atoms with Crippen LogP contribution in [0, 0.1) is 0 Å². The highest BCUT2D eigenvalue weighted by molar-refractivity contribution is 6.21. The molecule has 0 bridgehead atoms. The number of ether oxygens (including phenoxy) is 2. The fourth-order valence-electron chi connectivity index (χ4n) is 3.28. The molecule has 2 aromatic carbocycles. The highest BCUT2D eigenvalue weighted by atomic mass is 16.6. The molecule has 0 spiro atoms. The van der Waals surface area contributed by atoms with Crippen LogP contribution in [-0.2, 0) is 16.1 Å². The van der Waals surface area contributed by atoms with Gasteiger partial charge in [0.2, 0.25) is 0 Å². The summed E-state index contributed by atoms with van der Waals surface area (Å²) in [5.41, 5.74) is 1.76. The number of hydrogen-bond acceptors (Lipinski definition) is 5. The molecule has 2 aromatic rings. The van der Waals surface area contributed by atoms with Crippen molar-refractivity contribution >= 4 is 17.9 Å². The van der Waals surface area contributed by atoms with E-state index in [1.165, 1.54) is 0 Å². The van der Waals surface area contributed by atoms with Gasteiger partial charge in [-0.05, 0) is 17.7 Å². The Kier molecular flexibility index (Phi) is 4.60. The largest absolute Gasteiger partial charge is 0.441 e. The lowest BCUT2D eigenvalue weighted by Gasteiger charge is -2.22. The average Bonchev–Trinajstić information content (AvgIpc) is 3.15. The Morgan fingerprint density at radius 3 is 2.22 bits per heavy atom. The third-order valence-corrected chi connectivity index (χ3v) is 4.66. The fraction of sp³-hybridized carbons (Fsp3) is 0.250. The first-order valence-electron chi connectivity index (χ1n) is 8.67. The molecule has 2 unspecified atom stereocenters. The lowest BCUT2D eigenvalue weighted by atomic mass is 10.1. The van der Waals surface area contributed by atoms with Crippen molar-refractivity contribution in [3.05, 3.63) is 71.3 Å². The molecule has 138 valence electrons. The maximum absolute atomic E-state index is 12.5. The Labute approximate surface area is 155 Å². The summed E-state index contributed by atoms with van der Waals surface area (Å²) in [6.07, 6.45) is -1.16. The number of benzene rings is 2. The second kappa shape index (κ2) is 7.20. The van der Waals surface area contributed by atoms with Gasteiger partial charge in [-0.15, -0.1) is 0 Å². The molecule has 0 radical (unpaired) electrons. The van der Waals surface area contributed by atoms with Crippen molar-refractivity contribution in [2.24, 2.45) is 0 Å². The van der Waals surface area contributed by atoms with Gasteiger partial charge in [0.1, 0.15) is 6.10 Å². The predicted octanol–water partition coefficient (Wildman–Crippen LogP) is 1.98. The van der Waals surface area contributed by atoms with Gasteiger partial charge in [-0.2, -0.15) is 0 Å². The van der Waals surface area contributed by atoms with Crippen molar-refractivity contribution in [2.75, 3.05) is 13.2 Å². The SMILES string of the molecule is O=C1NC(CN2C(=O)c3ccccc3C2=O)C(COCc2ccccc2)O1. The van der Waals surface area contributed by atoms with Crippen LogP contribution >= 0.6 is 0 Å². The molecule has 0 aliphatic carbocycles. The minimum Gasteiger partial charge on any atom is -0.441 e. The van der Waals surface area contributed by atoms with Gasteiger partial charge in [-0.1, -0.05) is 42.5 Å². The van der Waals surface area contributed by atoms with E-state index in [0.29, 0.717) is 17.7 Å². The fourth-order valence-corrected chi connectivity index (χ4v) is 3.28. The molecule has 7 nitrogen and oxygen atoms in total. The van der Waals surface area contributed by atoms with Crippen molar-refractivity contribution in [3.63, 3.8) is 0 Å². The standard InChI is InChI=1S/C20H18N2O5/c23-18-14-8-4-5-9-15(14)19(24)22(18)10-16-17(27-20(25)21-16)12-26-11-13-6-2-1-3-7-13/h1-9,16-17H,10-12H2,(H,21,25). The van der Waals surface area contributed by atoms with Crippen LogP contribution in [-0.4, -0.2) is 48.1 Å². The summed E-state index contributed by atoms with van der Waals surface area (Å²) >= 11 is 0. The molecule has 2 aliphatic rings. The van der Waals surface area contributed by atoms with Crippen LogP contribution in [0.1, 0.15) is 26.3 Å². The van der Waals surface area contributed by atoms with Crippen LogP contribution in [0.2, 0.25) is 0 Å². The number of rotatable bonds is 6. The van der Waals surface area contributed by atoms with Crippen LogP contribution in [0.15, 0.2) is 54.6 Å². The third-order valence-electron chi connectivity index (χ3n) is 4.66. The number of carbonyl (C=O) groups excluding carboxylic acids is 3. The number of cyclic esters (lactones) is 1. The molecule has 2 aliphatic heterocycles. The van der Waals surface area contributed by atoms with Crippen LogP contribution in [0.25, 0.3) is 0 Å². The van der Waals surface area contributed by atoms with Crippen molar-refractivity contribution in [2.45, 2.75) is 18.8 Å². The summed E-state index contributed by atoms with van der Waals surface area (Å²) in [6.45, 7) is 0.591. The number of hydrogen-bond donors (Lipinski definition) is 1. The molecule has 2 heterocycles. The van der Waals surface area contributed by atoms with Gasteiger partial charge < -0.3 is 14.8 Å². The Bertz CT molecular complexity index is 848. The van der Waals surface area contributed by atoms with E-state index in [2.05, 4.69) is 5.32 Å². The summed E-state index contributed by atoms with van der Waals surface area (Å²) in [5, 5.41) is 2.66. The number of amides is 3. The molecule has 2 atom stereocenters. The van der Waals surface area contributed by atoms with E-state index in [0.717, 1.165) is 10.5 Å². The molecule has 1 fully saturated rings. The number of nitrogens with one attached hydrogen (secondary N) is 1. The highest BCUT2D eigenvalue weighted by Gasteiger charge is 2.41. The number of alkyl carbamates (subject to hydrolysis) is 1. The minimum absolute atomic E-state index is 0.0391. The predicted molar refractivity (Wildman–Crippen MR) is 95.1 cm³/mol. The van der Waals surface area contributed by atoms with Gasteiger partial charge in [0.25, 0.3) is 11.8 Å². The second-order valence-corrected chi connectivity index (χ2v) is 6.46. The Morgan fingerprint density at radius 2 is 1.56 bits per heavy atom. The maximum Gasteiger partial charge on any atom is 0.407 e. The van der Waals surface area contributed by atoms with Crippen LogP contribution < -0.4 is 5.32 Å². The Morgan fingerprint density at radius 1 is 0.926 bits per heavy atom. The van der Waals surface area contributed by atoms with Crippen LogP contribution in [0.5, 0.6) is 0 Å². The van der Waals surface area contributed by atoms with E-state index in [1.54, 1.807) is 24.3 Å². The smallest absolute Gasteiger partial charge is 0.407 e. The van der Waals surface area contributed by atoms with E-state index in [-0.39, 0.29) is 25.0 Å². The first-order chi connectivity index (χ1) is 13.1. The zero-order chi connectivity index (χ0) is 18.8. The third kappa shape index (κ3) is 3.41. The van der Waals surface area contributed by atoms with Gasteiger partial charge >= 0.3 is 6.09 Å². The van der Waals surface area contributed by atoms with E-state index in [1.807, 2.05) is 30.3 Å². The average molecular weight is 366 g/mol. The first kappa shape index (κ1) is 17.2. The maximum atomic E-state index is 12.5. The number of imide groups is 1. The topological polar surface area (TPSA) is 84.9 Å². The Hall–Kier alpha value is -3.19. The zero-order valence-corrected chi connectivity index (χ0v) is 14.5. The molecule has 1 saturated heterocycles. The van der Waals surface area contributed by atoms with Gasteiger partial charge in [0.15, 0.2) is 0 Å². The normalized spacial score (nSPS) is 21.2. The number of nitrogens with zero attached hydrogens (tertiary/aromatic N) is 1. The zero-order valence-electron chi connectivity index (χ0n) is 14.5. The molecule has 7 heteroatoms. The summed E-state index contributed by atoms with van der Waals surface area (Å²) in [6, 6.07) is 15.8. The summed E-state index contributed by atoms with van der Waals surface area (Å²) in [7, 11) is 0. The molecule has 1 N–H and O–H groups in total. The van der Waals surface area contributed by atoms with E-state index in [9.17, 15) is 14.4 Å². The van der Waals surface area contributed by atoms with E-state index < -0.39 is 18.2 Å². The lowest BCUT2D eigenvalue weighted by molar-refractivity contribution is 0.0230. The van der Waals surface area contributed by atoms with Gasteiger partial charge in [-0.25, -0.2) is 4.79 Å². The van der Waals surface area contributed by atoms with Gasteiger partial charge in [-0.3, -0.25) is 14.5 Å². The summed E-state index contributed by atoms with van der Waals surface area (Å²) in [4.78, 5) is 37.8. The molecule has 0 aromatic heterocycles. The van der Waals surface area contributed by atoms with Gasteiger partial charge in [0.05, 0.1) is 36.9 Å². The van der Waals surface area contributed by atoms with E-state index >= 15 is 0 Å². The van der Waals surface area contributed by atoms with E-state index in [4.69, 9.17) is 9.47 Å². The molecule has 0 saturated carbocycles. The van der Waals surface area contributed by atoms with Crippen LogP contribution in [0.3, 0.4) is 0 Å².